The molecule has 1 saturated heterocycles. The zero-order valence-corrected chi connectivity index (χ0v) is 12.5. The SMILES string of the molecule is CCOC(=O)C(C)(N)CCCCN1CCOC(C)C1. The Morgan fingerprint density at radius 3 is 2.89 bits per heavy atom. The van der Waals surface area contributed by atoms with Gasteiger partial charge in [-0.3, -0.25) is 9.69 Å². The van der Waals surface area contributed by atoms with Crippen LogP contribution in [-0.2, 0) is 14.3 Å². The van der Waals surface area contributed by atoms with Gasteiger partial charge in [0.1, 0.15) is 5.54 Å². The number of esters is 1. The van der Waals surface area contributed by atoms with Crippen LogP contribution in [0.15, 0.2) is 0 Å². The maximum Gasteiger partial charge on any atom is 0.325 e. The second-order valence-electron chi connectivity index (χ2n) is 5.58. The molecule has 112 valence electrons. The van der Waals surface area contributed by atoms with Crippen molar-refractivity contribution in [3.63, 3.8) is 0 Å². The summed E-state index contributed by atoms with van der Waals surface area (Å²) in [7, 11) is 0. The molecule has 0 aromatic rings. The van der Waals surface area contributed by atoms with Gasteiger partial charge in [0.25, 0.3) is 0 Å². The van der Waals surface area contributed by atoms with Crippen LogP contribution in [0.2, 0.25) is 0 Å². The summed E-state index contributed by atoms with van der Waals surface area (Å²) in [6.45, 7) is 9.90. The van der Waals surface area contributed by atoms with E-state index in [0.29, 0.717) is 19.1 Å². The normalized spacial score (nSPS) is 23.9. The Hall–Kier alpha value is -0.650. The van der Waals surface area contributed by atoms with E-state index >= 15 is 0 Å². The molecule has 0 saturated carbocycles. The lowest BCUT2D eigenvalue weighted by Gasteiger charge is -2.31. The molecular weight excluding hydrogens is 244 g/mol. The molecule has 1 rings (SSSR count). The van der Waals surface area contributed by atoms with Gasteiger partial charge in [-0.1, -0.05) is 0 Å². The molecule has 0 amide bonds. The average Bonchev–Trinajstić information content (AvgIpc) is 2.35. The quantitative estimate of drug-likeness (QED) is 0.556. The molecule has 0 radical (unpaired) electrons. The molecular formula is C14H28N2O3. The van der Waals surface area contributed by atoms with E-state index in [1.165, 1.54) is 0 Å². The number of nitrogens with two attached hydrogens (primary N) is 1. The van der Waals surface area contributed by atoms with Crippen LogP contribution in [0, 0.1) is 0 Å². The third kappa shape index (κ3) is 5.89. The molecule has 2 unspecified atom stereocenters. The first-order chi connectivity index (χ1) is 8.95. The van der Waals surface area contributed by atoms with E-state index in [2.05, 4.69) is 11.8 Å². The van der Waals surface area contributed by atoms with Gasteiger partial charge < -0.3 is 15.2 Å². The lowest BCUT2D eigenvalue weighted by molar-refractivity contribution is -0.149. The van der Waals surface area contributed by atoms with E-state index in [1.807, 2.05) is 0 Å². The molecule has 2 atom stereocenters. The van der Waals surface area contributed by atoms with E-state index in [0.717, 1.165) is 39.1 Å². The summed E-state index contributed by atoms with van der Waals surface area (Å²) in [6, 6.07) is 0. The predicted octanol–water partition coefficient (Wildman–Crippen LogP) is 1.16. The lowest BCUT2D eigenvalue weighted by atomic mass is 9.96. The monoisotopic (exact) mass is 272 g/mol. The van der Waals surface area contributed by atoms with Gasteiger partial charge in [-0.2, -0.15) is 0 Å². The van der Waals surface area contributed by atoms with Crippen molar-refractivity contribution in [2.45, 2.75) is 51.7 Å². The summed E-state index contributed by atoms with van der Waals surface area (Å²) in [5.41, 5.74) is 5.13. The molecule has 0 aliphatic carbocycles. The summed E-state index contributed by atoms with van der Waals surface area (Å²) in [6.07, 6.45) is 3.00. The van der Waals surface area contributed by atoms with Crippen LogP contribution in [0.3, 0.4) is 0 Å². The van der Waals surface area contributed by atoms with E-state index in [-0.39, 0.29) is 5.97 Å². The van der Waals surface area contributed by atoms with Crippen molar-refractivity contribution >= 4 is 5.97 Å². The van der Waals surface area contributed by atoms with E-state index < -0.39 is 5.54 Å². The lowest BCUT2D eigenvalue weighted by Crippen LogP contribution is -2.46. The third-order valence-electron chi connectivity index (χ3n) is 3.49. The molecule has 0 aromatic carbocycles. The van der Waals surface area contributed by atoms with Crippen molar-refractivity contribution in [3.05, 3.63) is 0 Å². The summed E-state index contributed by atoms with van der Waals surface area (Å²) < 4.78 is 10.5. The Bertz CT molecular complexity index is 282. The van der Waals surface area contributed by atoms with Crippen LogP contribution >= 0.6 is 0 Å². The first-order valence-corrected chi connectivity index (χ1v) is 7.25. The summed E-state index contributed by atoms with van der Waals surface area (Å²) in [5.74, 6) is -0.296. The highest BCUT2D eigenvalue weighted by Crippen LogP contribution is 2.14. The fraction of sp³-hybridized carbons (Fsp3) is 0.929. The molecule has 5 nitrogen and oxygen atoms in total. The standard InChI is InChI=1S/C14H28N2O3/c1-4-18-13(17)14(3,15)7-5-6-8-16-9-10-19-12(2)11-16/h12H,4-11,15H2,1-3H3. The summed E-state index contributed by atoms with van der Waals surface area (Å²) >= 11 is 0. The van der Waals surface area contributed by atoms with Gasteiger partial charge in [0.2, 0.25) is 0 Å². The van der Waals surface area contributed by atoms with Crippen molar-refractivity contribution in [1.82, 2.24) is 4.90 Å². The topological polar surface area (TPSA) is 64.8 Å². The van der Waals surface area contributed by atoms with Crippen molar-refractivity contribution in [2.75, 3.05) is 32.8 Å². The first-order valence-electron chi connectivity index (χ1n) is 7.25. The Balaban J connectivity index is 2.17. The van der Waals surface area contributed by atoms with Crippen molar-refractivity contribution in [3.8, 4) is 0 Å². The number of carbonyl (C=O) groups is 1. The summed E-state index contributed by atoms with van der Waals surface area (Å²) in [5, 5.41) is 0. The average molecular weight is 272 g/mol. The van der Waals surface area contributed by atoms with Crippen LogP contribution in [0.25, 0.3) is 0 Å². The fourth-order valence-corrected chi connectivity index (χ4v) is 2.32. The van der Waals surface area contributed by atoms with Gasteiger partial charge in [-0.05, 0) is 46.6 Å². The van der Waals surface area contributed by atoms with Gasteiger partial charge in [-0.25, -0.2) is 0 Å². The minimum atomic E-state index is -0.853. The van der Waals surface area contributed by atoms with Gasteiger partial charge in [-0.15, -0.1) is 0 Å². The largest absolute Gasteiger partial charge is 0.465 e. The number of carbonyl (C=O) groups excluding carboxylic acids is 1. The van der Waals surface area contributed by atoms with Crippen molar-refractivity contribution < 1.29 is 14.3 Å². The Morgan fingerprint density at radius 2 is 2.26 bits per heavy atom. The van der Waals surface area contributed by atoms with Crippen LogP contribution in [0.1, 0.15) is 40.0 Å². The number of ether oxygens (including phenoxy) is 2. The number of hydrogen-bond donors (Lipinski definition) is 1. The number of nitrogens with zero attached hydrogens (tertiary/aromatic N) is 1. The van der Waals surface area contributed by atoms with E-state index in [4.69, 9.17) is 15.2 Å². The highest BCUT2D eigenvalue weighted by atomic mass is 16.5. The third-order valence-corrected chi connectivity index (χ3v) is 3.49. The minimum absolute atomic E-state index is 0.296. The Labute approximate surface area is 116 Å². The molecule has 1 aliphatic heterocycles. The molecule has 2 N–H and O–H groups in total. The molecule has 0 aromatic heterocycles. The first kappa shape index (κ1) is 16.4. The zero-order chi connectivity index (χ0) is 14.3. The number of rotatable bonds is 7. The van der Waals surface area contributed by atoms with E-state index in [9.17, 15) is 4.79 Å². The molecule has 1 aliphatic rings. The number of unbranched alkanes of at least 4 members (excludes halogenated alkanes) is 1. The number of morpholine rings is 1. The van der Waals surface area contributed by atoms with Crippen LogP contribution in [0.5, 0.6) is 0 Å². The highest BCUT2D eigenvalue weighted by Gasteiger charge is 2.29. The maximum atomic E-state index is 11.6. The summed E-state index contributed by atoms with van der Waals surface area (Å²) in [4.78, 5) is 14.0. The van der Waals surface area contributed by atoms with Crippen molar-refractivity contribution in [2.24, 2.45) is 5.73 Å². The van der Waals surface area contributed by atoms with Crippen LogP contribution in [0.4, 0.5) is 0 Å². The fourth-order valence-electron chi connectivity index (χ4n) is 2.32. The second-order valence-corrected chi connectivity index (χ2v) is 5.58. The van der Waals surface area contributed by atoms with Gasteiger partial charge in [0.05, 0.1) is 19.3 Å². The minimum Gasteiger partial charge on any atom is -0.465 e. The maximum absolute atomic E-state index is 11.6. The van der Waals surface area contributed by atoms with Crippen LogP contribution < -0.4 is 5.73 Å². The van der Waals surface area contributed by atoms with Gasteiger partial charge in [0.15, 0.2) is 0 Å². The smallest absolute Gasteiger partial charge is 0.325 e. The molecule has 0 spiro atoms. The Morgan fingerprint density at radius 1 is 1.53 bits per heavy atom. The molecule has 0 bridgehead atoms. The molecule has 1 heterocycles. The molecule has 19 heavy (non-hydrogen) atoms. The molecule has 1 fully saturated rings. The molecule has 5 heteroatoms. The van der Waals surface area contributed by atoms with Gasteiger partial charge >= 0.3 is 5.97 Å². The number of hydrogen-bond acceptors (Lipinski definition) is 5. The van der Waals surface area contributed by atoms with Gasteiger partial charge in [0, 0.05) is 13.1 Å². The highest BCUT2D eigenvalue weighted by molar-refractivity contribution is 5.79. The zero-order valence-electron chi connectivity index (χ0n) is 12.5. The predicted molar refractivity (Wildman–Crippen MR) is 74.9 cm³/mol. The van der Waals surface area contributed by atoms with E-state index in [1.54, 1.807) is 13.8 Å². The van der Waals surface area contributed by atoms with Crippen LogP contribution in [-0.4, -0.2) is 55.4 Å². The Kier molecular flexibility index (Phi) is 6.75. The van der Waals surface area contributed by atoms with Crippen molar-refractivity contribution in [1.29, 1.82) is 0 Å². The second kappa shape index (κ2) is 7.82.